The SMILES string of the molecule is COC(C)CNc1cc(C)ccc1C. The number of ether oxygens (including phenoxy) is 1. The van der Waals surface area contributed by atoms with Crippen molar-refractivity contribution in [2.45, 2.75) is 26.9 Å². The molecule has 0 aromatic heterocycles. The monoisotopic (exact) mass is 193 g/mol. The molecule has 1 atom stereocenters. The molecule has 0 spiro atoms. The highest BCUT2D eigenvalue weighted by Gasteiger charge is 2.01. The first-order valence-corrected chi connectivity index (χ1v) is 4.97. The Balaban J connectivity index is 2.62. The summed E-state index contributed by atoms with van der Waals surface area (Å²) in [7, 11) is 1.73. The number of benzene rings is 1. The number of hydrogen-bond acceptors (Lipinski definition) is 2. The van der Waals surface area contributed by atoms with Crippen LogP contribution < -0.4 is 5.32 Å². The van der Waals surface area contributed by atoms with E-state index < -0.39 is 0 Å². The summed E-state index contributed by atoms with van der Waals surface area (Å²) in [6.07, 6.45) is 0.245. The van der Waals surface area contributed by atoms with Crippen LogP contribution >= 0.6 is 0 Å². The van der Waals surface area contributed by atoms with Gasteiger partial charge in [0.15, 0.2) is 0 Å². The fourth-order valence-electron chi connectivity index (χ4n) is 1.26. The molecule has 2 nitrogen and oxygen atoms in total. The number of aryl methyl sites for hydroxylation is 2. The van der Waals surface area contributed by atoms with Crippen LogP contribution in [0.1, 0.15) is 18.1 Å². The molecule has 2 heteroatoms. The van der Waals surface area contributed by atoms with Crippen molar-refractivity contribution in [1.82, 2.24) is 0 Å². The van der Waals surface area contributed by atoms with E-state index in [0.717, 1.165) is 6.54 Å². The zero-order valence-corrected chi connectivity index (χ0v) is 9.42. The van der Waals surface area contributed by atoms with Gasteiger partial charge >= 0.3 is 0 Å². The van der Waals surface area contributed by atoms with Crippen molar-refractivity contribution in [1.29, 1.82) is 0 Å². The molecule has 0 heterocycles. The van der Waals surface area contributed by atoms with E-state index in [0.29, 0.717) is 0 Å². The van der Waals surface area contributed by atoms with Crippen molar-refractivity contribution in [2.75, 3.05) is 19.0 Å². The summed E-state index contributed by atoms with van der Waals surface area (Å²) in [4.78, 5) is 0. The minimum absolute atomic E-state index is 0.245. The van der Waals surface area contributed by atoms with Gasteiger partial charge in [-0.25, -0.2) is 0 Å². The summed E-state index contributed by atoms with van der Waals surface area (Å²) in [5.41, 5.74) is 3.76. The summed E-state index contributed by atoms with van der Waals surface area (Å²) in [5, 5.41) is 3.38. The Kier molecular flexibility index (Phi) is 3.96. The molecule has 0 radical (unpaired) electrons. The number of hydrogen-bond donors (Lipinski definition) is 1. The van der Waals surface area contributed by atoms with Gasteiger partial charge in [-0.05, 0) is 38.0 Å². The van der Waals surface area contributed by atoms with E-state index in [9.17, 15) is 0 Å². The highest BCUT2D eigenvalue weighted by Crippen LogP contribution is 2.16. The lowest BCUT2D eigenvalue weighted by Crippen LogP contribution is -2.18. The minimum Gasteiger partial charge on any atom is -0.382 e. The van der Waals surface area contributed by atoms with Crippen LogP contribution in [0.3, 0.4) is 0 Å². The van der Waals surface area contributed by atoms with Gasteiger partial charge in [0.05, 0.1) is 6.10 Å². The molecule has 1 aromatic carbocycles. The summed E-state index contributed by atoms with van der Waals surface area (Å²) in [6, 6.07) is 6.42. The standard InChI is InChI=1S/C12H19NO/c1-9-5-6-10(2)12(7-9)13-8-11(3)14-4/h5-7,11,13H,8H2,1-4H3. The van der Waals surface area contributed by atoms with E-state index in [1.54, 1.807) is 7.11 Å². The Hall–Kier alpha value is -1.02. The van der Waals surface area contributed by atoms with E-state index in [1.807, 2.05) is 0 Å². The smallest absolute Gasteiger partial charge is 0.0715 e. The molecule has 1 unspecified atom stereocenters. The lowest BCUT2D eigenvalue weighted by molar-refractivity contribution is 0.129. The van der Waals surface area contributed by atoms with E-state index >= 15 is 0 Å². The largest absolute Gasteiger partial charge is 0.382 e. The van der Waals surface area contributed by atoms with Gasteiger partial charge < -0.3 is 10.1 Å². The second-order valence-electron chi connectivity index (χ2n) is 3.75. The van der Waals surface area contributed by atoms with Crippen molar-refractivity contribution >= 4 is 5.69 Å². The molecule has 1 rings (SSSR count). The molecular weight excluding hydrogens is 174 g/mol. The van der Waals surface area contributed by atoms with Gasteiger partial charge in [0.25, 0.3) is 0 Å². The topological polar surface area (TPSA) is 21.3 Å². The van der Waals surface area contributed by atoms with Crippen molar-refractivity contribution in [3.63, 3.8) is 0 Å². The van der Waals surface area contributed by atoms with Crippen LogP contribution in [0.2, 0.25) is 0 Å². The first-order valence-electron chi connectivity index (χ1n) is 4.97. The van der Waals surface area contributed by atoms with E-state index in [2.05, 4.69) is 44.3 Å². The number of anilines is 1. The molecule has 0 aliphatic rings. The number of nitrogens with one attached hydrogen (secondary N) is 1. The molecule has 0 saturated heterocycles. The predicted molar refractivity (Wildman–Crippen MR) is 60.9 cm³/mol. The lowest BCUT2D eigenvalue weighted by atomic mass is 10.1. The minimum atomic E-state index is 0.245. The number of rotatable bonds is 4. The van der Waals surface area contributed by atoms with Crippen LogP contribution in [-0.2, 0) is 4.74 Å². The summed E-state index contributed by atoms with van der Waals surface area (Å²) in [6.45, 7) is 7.11. The Bertz CT molecular complexity index is 296. The predicted octanol–water partition coefficient (Wildman–Crippen LogP) is 2.75. The van der Waals surface area contributed by atoms with Crippen molar-refractivity contribution in [2.24, 2.45) is 0 Å². The zero-order chi connectivity index (χ0) is 10.6. The van der Waals surface area contributed by atoms with E-state index in [4.69, 9.17) is 4.74 Å². The lowest BCUT2D eigenvalue weighted by Gasteiger charge is -2.14. The molecule has 0 amide bonds. The molecule has 0 fully saturated rings. The highest BCUT2D eigenvalue weighted by molar-refractivity contribution is 5.52. The Morgan fingerprint density at radius 3 is 2.71 bits per heavy atom. The fourth-order valence-corrected chi connectivity index (χ4v) is 1.26. The van der Waals surface area contributed by atoms with Gasteiger partial charge in [0.1, 0.15) is 0 Å². The van der Waals surface area contributed by atoms with Crippen LogP contribution in [0, 0.1) is 13.8 Å². The van der Waals surface area contributed by atoms with Crippen LogP contribution in [0.25, 0.3) is 0 Å². The maximum Gasteiger partial charge on any atom is 0.0715 e. The Morgan fingerprint density at radius 2 is 2.07 bits per heavy atom. The summed E-state index contributed by atoms with van der Waals surface area (Å²) >= 11 is 0. The third-order valence-corrected chi connectivity index (χ3v) is 2.38. The van der Waals surface area contributed by atoms with Gasteiger partial charge in [-0.3, -0.25) is 0 Å². The van der Waals surface area contributed by atoms with Crippen LogP contribution in [0.15, 0.2) is 18.2 Å². The molecule has 0 saturated carbocycles. The van der Waals surface area contributed by atoms with Gasteiger partial charge in [0, 0.05) is 19.3 Å². The van der Waals surface area contributed by atoms with Crippen molar-refractivity contribution < 1.29 is 4.74 Å². The van der Waals surface area contributed by atoms with Gasteiger partial charge in [-0.1, -0.05) is 12.1 Å². The first-order chi connectivity index (χ1) is 6.63. The maximum absolute atomic E-state index is 5.18. The molecule has 78 valence electrons. The van der Waals surface area contributed by atoms with Gasteiger partial charge in [0.2, 0.25) is 0 Å². The average Bonchev–Trinajstić information content (AvgIpc) is 2.19. The number of methoxy groups -OCH3 is 1. The first kappa shape index (κ1) is 11.1. The normalized spacial score (nSPS) is 12.6. The van der Waals surface area contributed by atoms with Gasteiger partial charge in [-0.15, -0.1) is 0 Å². The van der Waals surface area contributed by atoms with E-state index in [1.165, 1.54) is 16.8 Å². The third-order valence-electron chi connectivity index (χ3n) is 2.38. The molecular formula is C12H19NO. The second kappa shape index (κ2) is 5.01. The highest BCUT2D eigenvalue weighted by atomic mass is 16.5. The molecule has 14 heavy (non-hydrogen) atoms. The average molecular weight is 193 g/mol. The van der Waals surface area contributed by atoms with Gasteiger partial charge in [-0.2, -0.15) is 0 Å². The second-order valence-corrected chi connectivity index (χ2v) is 3.75. The quantitative estimate of drug-likeness (QED) is 0.794. The van der Waals surface area contributed by atoms with Crippen LogP contribution in [-0.4, -0.2) is 19.8 Å². The van der Waals surface area contributed by atoms with Crippen molar-refractivity contribution in [3.05, 3.63) is 29.3 Å². The third kappa shape index (κ3) is 3.04. The van der Waals surface area contributed by atoms with Crippen molar-refractivity contribution in [3.8, 4) is 0 Å². The summed E-state index contributed by atoms with van der Waals surface area (Å²) < 4.78 is 5.18. The van der Waals surface area contributed by atoms with Crippen LogP contribution in [0.4, 0.5) is 5.69 Å². The molecule has 1 aromatic rings. The Morgan fingerprint density at radius 1 is 1.36 bits per heavy atom. The fraction of sp³-hybridized carbons (Fsp3) is 0.500. The molecule has 0 aliphatic heterocycles. The Labute approximate surface area is 86.3 Å². The van der Waals surface area contributed by atoms with Crippen LogP contribution in [0.5, 0.6) is 0 Å². The molecule has 0 bridgehead atoms. The zero-order valence-electron chi connectivity index (χ0n) is 9.42. The maximum atomic E-state index is 5.18. The molecule has 0 aliphatic carbocycles. The van der Waals surface area contributed by atoms with E-state index in [-0.39, 0.29) is 6.10 Å². The molecule has 1 N–H and O–H groups in total. The summed E-state index contributed by atoms with van der Waals surface area (Å²) in [5.74, 6) is 0.